The van der Waals surface area contributed by atoms with Gasteiger partial charge in [0.15, 0.2) is 0 Å². The summed E-state index contributed by atoms with van der Waals surface area (Å²) in [6.45, 7) is 0.189. The van der Waals surface area contributed by atoms with E-state index in [1.165, 1.54) is 13.1 Å². The van der Waals surface area contributed by atoms with Gasteiger partial charge < -0.3 is 14.5 Å². The zero-order valence-electron chi connectivity index (χ0n) is 13.5. The van der Waals surface area contributed by atoms with Crippen LogP contribution in [0, 0.1) is 18.8 Å². The number of carboxylic acid groups (broad SMARTS) is 1. The summed E-state index contributed by atoms with van der Waals surface area (Å²) >= 11 is 0. The summed E-state index contributed by atoms with van der Waals surface area (Å²) in [5.41, 5.74) is 0.417. The van der Waals surface area contributed by atoms with E-state index in [9.17, 15) is 22.8 Å². The molecule has 0 unspecified atom stereocenters. The predicted molar refractivity (Wildman–Crippen MR) is 81.0 cm³/mol. The fourth-order valence-electron chi connectivity index (χ4n) is 3.01. The predicted octanol–water partition coefficient (Wildman–Crippen LogP) is 2.38. The van der Waals surface area contributed by atoms with Crippen LogP contribution >= 0.6 is 0 Å². The highest BCUT2D eigenvalue weighted by Gasteiger charge is 2.54. The Morgan fingerprint density at radius 1 is 1.31 bits per heavy atom. The molecule has 2 atom stereocenters. The number of pyridine rings is 1. The lowest BCUT2D eigenvalue weighted by molar-refractivity contribution is -0.187. The summed E-state index contributed by atoms with van der Waals surface area (Å²) in [5.74, 6) is -6.06. The second-order valence-corrected chi connectivity index (χ2v) is 5.98. The minimum absolute atomic E-state index is 0.0179. The Balaban J connectivity index is 1.94. The Morgan fingerprint density at radius 2 is 2.04 bits per heavy atom. The van der Waals surface area contributed by atoms with E-state index < -0.39 is 43.0 Å². The number of aryl methyl sites for hydroxylation is 1. The summed E-state index contributed by atoms with van der Waals surface area (Å²) in [6.07, 6.45) is -3.24. The largest absolute Gasteiger partial charge is 0.481 e. The first kappa shape index (κ1) is 17.9. The van der Waals surface area contributed by atoms with Crippen molar-refractivity contribution in [2.75, 3.05) is 13.1 Å². The molecule has 1 saturated heterocycles. The first-order valence-corrected chi connectivity index (χ1v) is 7.66. The fourth-order valence-corrected chi connectivity index (χ4v) is 3.01. The van der Waals surface area contributed by atoms with Gasteiger partial charge in [-0.15, -0.1) is 0 Å². The molecule has 2 aromatic heterocycles. The maximum atomic E-state index is 13.1. The van der Waals surface area contributed by atoms with Gasteiger partial charge in [-0.05, 0) is 19.1 Å². The molecule has 2 aromatic rings. The van der Waals surface area contributed by atoms with Crippen molar-refractivity contribution in [3.63, 3.8) is 0 Å². The summed E-state index contributed by atoms with van der Waals surface area (Å²) in [4.78, 5) is 28.9. The van der Waals surface area contributed by atoms with Crippen LogP contribution < -0.4 is 0 Å². The lowest BCUT2D eigenvalue weighted by atomic mass is 9.96. The van der Waals surface area contributed by atoms with Crippen molar-refractivity contribution in [3.8, 4) is 11.4 Å². The van der Waals surface area contributed by atoms with Crippen molar-refractivity contribution >= 4 is 11.9 Å². The average molecular weight is 369 g/mol. The summed E-state index contributed by atoms with van der Waals surface area (Å²) in [5, 5.41) is 12.9. The topological polar surface area (TPSA) is 96.5 Å². The van der Waals surface area contributed by atoms with Crippen LogP contribution in [0.5, 0.6) is 0 Å². The highest BCUT2D eigenvalue weighted by atomic mass is 19.4. The highest BCUT2D eigenvalue weighted by Crippen LogP contribution is 2.39. The van der Waals surface area contributed by atoms with Crippen molar-refractivity contribution in [3.05, 3.63) is 35.7 Å². The molecule has 0 saturated carbocycles. The number of halogens is 3. The van der Waals surface area contributed by atoms with E-state index in [0.717, 1.165) is 4.90 Å². The number of hydrogen-bond acceptors (Lipinski definition) is 5. The Bertz CT molecular complexity index is 835. The molecule has 1 aliphatic rings. The smallest absolute Gasteiger partial charge is 0.394 e. The molecule has 7 nitrogen and oxygen atoms in total. The van der Waals surface area contributed by atoms with Gasteiger partial charge in [0.05, 0.1) is 17.5 Å². The minimum atomic E-state index is -4.72. The van der Waals surface area contributed by atoms with Crippen LogP contribution in [0.2, 0.25) is 0 Å². The number of alkyl halides is 3. The van der Waals surface area contributed by atoms with Gasteiger partial charge in [0, 0.05) is 19.3 Å². The first-order valence-electron chi connectivity index (χ1n) is 7.66. The number of carboxylic acids is 1. The number of aromatic nitrogens is 2. The van der Waals surface area contributed by atoms with Crippen LogP contribution in [0.3, 0.4) is 0 Å². The number of rotatable bonds is 3. The molecule has 0 radical (unpaired) electrons. The van der Waals surface area contributed by atoms with E-state index in [-0.39, 0.29) is 17.0 Å². The third kappa shape index (κ3) is 3.14. The Labute approximate surface area is 145 Å². The van der Waals surface area contributed by atoms with Crippen LogP contribution in [-0.4, -0.2) is 51.3 Å². The first-order chi connectivity index (χ1) is 12.2. The standard InChI is InChI=1S/C16H14F3N3O4/c1-8-12(13(21-26-8)11-4-2-3-5-20-11)14(23)22-6-9(15(24)25)10(7-22)16(17,18)19/h2-5,9-10H,6-7H2,1H3,(H,24,25)/t9-,10-/m1/s1. The third-order valence-corrected chi connectivity index (χ3v) is 4.33. The highest BCUT2D eigenvalue weighted by molar-refractivity contribution is 6.00. The van der Waals surface area contributed by atoms with Crippen LogP contribution in [0.25, 0.3) is 11.4 Å². The average Bonchev–Trinajstić information content (AvgIpc) is 3.19. The molecule has 10 heteroatoms. The molecule has 3 rings (SSSR count). The molecule has 0 bridgehead atoms. The van der Waals surface area contributed by atoms with Gasteiger partial charge in [0.1, 0.15) is 17.0 Å². The normalized spacial score (nSPS) is 20.4. The van der Waals surface area contributed by atoms with Gasteiger partial charge in [-0.3, -0.25) is 14.6 Å². The van der Waals surface area contributed by atoms with E-state index in [1.54, 1.807) is 18.2 Å². The second-order valence-electron chi connectivity index (χ2n) is 5.98. The van der Waals surface area contributed by atoms with E-state index in [4.69, 9.17) is 9.63 Å². The number of likely N-dealkylation sites (tertiary alicyclic amines) is 1. The van der Waals surface area contributed by atoms with Gasteiger partial charge in [-0.1, -0.05) is 11.2 Å². The molecule has 26 heavy (non-hydrogen) atoms. The molecule has 138 valence electrons. The molecule has 3 heterocycles. The molecule has 1 N–H and O–H groups in total. The molecular formula is C16H14F3N3O4. The van der Waals surface area contributed by atoms with Gasteiger partial charge in [-0.2, -0.15) is 13.2 Å². The maximum Gasteiger partial charge on any atom is 0.394 e. The molecule has 1 amide bonds. The van der Waals surface area contributed by atoms with Crippen LogP contribution in [0.15, 0.2) is 28.9 Å². The van der Waals surface area contributed by atoms with Crippen molar-refractivity contribution in [2.45, 2.75) is 13.1 Å². The zero-order chi connectivity index (χ0) is 19.1. The number of hydrogen-bond donors (Lipinski definition) is 1. The Morgan fingerprint density at radius 3 is 2.58 bits per heavy atom. The van der Waals surface area contributed by atoms with E-state index >= 15 is 0 Å². The van der Waals surface area contributed by atoms with Crippen molar-refractivity contribution in [1.29, 1.82) is 0 Å². The lowest BCUT2D eigenvalue weighted by Crippen LogP contribution is -2.34. The number of carbonyl (C=O) groups excluding carboxylic acids is 1. The minimum Gasteiger partial charge on any atom is -0.481 e. The third-order valence-electron chi connectivity index (χ3n) is 4.33. The van der Waals surface area contributed by atoms with E-state index in [0.29, 0.717) is 5.69 Å². The Kier molecular flexibility index (Phi) is 4.43. The maximum absolute atomic E-state index is 13.1. The fraction of sp³-hybridized carbons (Fsp3) is 0.375. The SMILES string of the molecule is Cc1onc(-c2ccccn2)c1C(=O)N1C[C@@H](C(F)(F)F)[C@H](C(=O)O)C1. The monoisotopic (exact) mass is 369 g/mol. The lowest BCUT2D eigenvalue weighted by Gasteiger charge is -2.18. The van der Waals surface area contributed by atoms with Crippen LogP contribution in [0.4, 0.5) is 13.2 Å². The van der Waals surface area contributed by atoms with Gasteiger partial charge in [0.25, 0.3) is 5.91 Å². The quantitative estimate of drug-likeness (QED) is 0.892. The van der Waals surface area contributed by atoms with E-state index in [2.05, 4.69) is 10.1 Å². The van der Waals surface area contributed by atoms with E-state index in [1.807, 2.05) is 0 Å². The van der Waals surface area contributed by atoms with Gasteiger partial charge in [0.2, 0.25) is 0 Å². The molecule has 1 fully saturated rings. The van der Waals surface area contributed by atoms with Gasteiger partial charge in [-0.25, -0.2) is 0 Å². The second kappa shape index (κ2) is 6.43. The van der Waals surface area contributed by atoms with Crippen molar-refractivity contribution in [1.82, 2.24) is 15.0 Å². The molecule has 0 spiro atoms. The Hall–Kier alpha value is -2.91. The molecule has 0 aromatic carbocycles. The van der Waals surface area contributed by atoms with Crippen LogP contribution in [0.1, 0.15) is 16.1 Å². The van der Waals surface area contributed by atoms with Crippen LogP contribution in [-0.2, 0) is 4.79 Å². The summed E-state index contributed by atoms with van der Waals surface area (Å²) in [6, 6.07) is 4.90. The van der Waals surface area contributed by atoms with Gasteiger partial charge >= 0.3 is 12.1 Å². The number of carbonyl (C=O) groups is 2. The number of nitrogens with zero attached hydrogens (tertiary/aromatic N) is 3. The zero-order valence-corrected chi connectivity index (χ0v) is 13.5. The molecule has 1 aliphatic heterocycles. The number of amides is 1. The molecular weight excluding hydrogens is 355 g/mol. The number of aliphatic carboxylic acids is 1. The molecule has 0 aliphatic carbocycles. The van der Waals surface area contributed by atoms with Crippen molar-refractivity contribution in [2.24, 2.45) is 11.8 Å². The summed E-state index contributed by atoms with van der Waals surface area (Å²) < 4.78 is 44.4. The summed E-state index contributed by atoms with van der Waals surface area (Å²) in [7, 11) is 0. The van der Waals surface area contributed by atoms with Crippen molar-refractivity contribution < 1.29 is 32.4 Å².